The number of aliphatic hydroxyl groups is 1. The maximum absolute atomic E-state index is 14.4. The summed E-state index contributed by atoms with van der Waals surface area (Å²) in [5.41, 5.74) is 3.41. The van der Waals surface area contributed by atoms with Crippen molar-refractivity contribution >= 4 is 11.7 Å². The number of nitrogens with one attached hydrogen (secondary N) is 2. The van der Waals surface area contributed by atoms with Gasteiger partial charge in [0.15, 0.2) is 0 Å². The fourth-order valence-corrected chi connectivity index (χ4v) is 12.5. The molecule has 0 spiro atoms. The van der Waals surface area contributed by atoms with E-state index in [2.05, 4.69) is 80.5 Å². The van der Waals surface area contributed by atoms with E-state index >= 15 is 0 Å². The Hall–Kier alpha value is -2.74. The van der Waals surface area contributed by atoms with Gasteiger partial charge in [0.2, 0.25) is 5.82 Å². The molecule has 8 nitrogen and oxygen atoms in total. The zero-order valence-electron chi connectivity index (χ0n) is 30.4. The maximum atomic E-state index is 14.4. The monoisotopic (exact) mass is 657 g/mol. The summed E-state index contributed by atoms with van der Waals surface area (Å²) in [5, 5.41) is 29.1. The molecular weight excluding hydrogens is 598 g/mol. The first kappa shape index (κ1) is 33.7. The number of hydrogen-bond donors (Lipinski definition) is 3. The van der Waals surface area contributed by atoms with Gasteiger partial charge in [-0.3, -0.25) is 4.79 Å². The highest BCUT2D eigenvalue weighted by atomic mass is 16.5. The predicted molar refractivity (Wildman–Crippen MR) is 189 cm³/mol. The molecule has 4 saturated carbocycles. The summed E-state index contributed by atoms with van der Waals surface area (Å²) in [7, 11) is 0. The molecule has 1 heterocycles. The van der Waals surface area contributed by atoms with Crippen LogP contribution in [0.5, 0.6) is 0 Å². The molecule has 262 valence electrons. The summed E-state index contributed by atoms with van der Waals surface area (Å²) in [6.45, 7) is 18.3. The number of carbonyl (C=O) groups excluding carboxylic acids is 1. The van der Waals surface area contributed by atoms with Crippen LogP contribution in [0.25, 0.3) is 11.4 Å². The fraction of sp³-hybridized carbons (Fsp3) is 0.750. The van der Waals surface area contributed by atoms with Crippen LogP contribution in [-0.4, -0.2) is 51.0 Å². The molecule has 2 aromatic rings. The van der Waals surface area contributed by atoms with Gasteiger partial charge in [-0.15, -0.1) is 10.2 Å². The lowest BCUT2D eigenvalue weighted by Gasteiger charge is -2.71. The Bertz CT molecular complexity index is 1540. The number of aliphatic hydroxyl groups excluding tert-OH is 1. The quantitative estimate of drug-likeness (QED) is 0.156. The normalized spacial score (nSPS) is 41.5. The van der Waals surface area contributed by atoms with Gasteiger partial charge >= 0.3 is 5.97 Å². The highest BCUT2D eigenvalue weighted by Gasteiger charge is 2.69. The van der Waals surface area contributed by atoms with Gasteiger partial charge < -0.3 is 15.2 Å². The number of allylic oxidation sites excluding steroid dienone is 2. The van der Waals surface area contributed by atoms with Crippen molar-refractivity contribution in [1.82, 2.24) is 20.6 Å². The van der Waals surface area contributed by atoms with Gasteiger partial charge in [-0.25, -0.2) is 0 Å². The molecule has 8 heteroatoms. The molecule has 0 aliphatic heterocycles. The molecule has 1 aromatic heterocycles. The molecule has 0 amide bonds. The van der Waals surface area contributed by atoms with Gasteiger partial charge in [-0.1, -0.05) is 72.2 Å². The Kier molecular flexibility index (Phi) is 8.40. The zero-order chi connectivity index (χ0) is 34.1. The lowest BCUT2D eigenvalue weighted by molar-refractivity contribution is -0.207. The van der Waals surface area contributed by atoms with Crippen LogP contribution in [0.4, 0.5) is 5.69 Å². The molecule has 5 aliphatic carbocycles. The van der Waals surface area contributed by atoms with Crippen LogP contribution in [0, 0.1) is 56.7 Å². The summed E-state index contributed by atoms with van der Waals surface area (Å²) in [4.78, 5) is 14.4. The second-order valence-electron chi connectivity index (χ2n) is 17.9. The number of aromatic nitrogens is 4. The molecule has 3 N–H and O–H groups in total. The van der Waals surface area contributed by atoms with Crippen molar-refractivity contribution in [2.45, 2.75) is 119 Å². The number of ether oxygens (including phenoxy) is 1. The fourth-order valence-electron chi connectivity index (χ4n) is 12.5. The van der Waals surface area contributed by atoms with Crippen LogP contribution in [0.1, 0.15) is 113 Å². The van der Waals surface area contributed by atoms with Crippen LogP contribution in [-0.2, 0) is 9.53 Å². The van der Waals surface area contributed by atoms with Gasteiger partial charge in [0.25, 0.3) is 0 Å². The molecule has 5 aliphatic rings. The molecule has 0 bridgehead atoms. The first-order chi connectivity index (χ1) is 22.8. The smallest absolute Gasteiger partial charge is 0.312 e. The lowest BCUT2D eigenvalue weighted by atomic mass is 9.33. The van der Waals surface area contributed by atoms with Gasteiger partial charge in [-0.05, 0) is 133 Å². The number of aromatic amines is 1. The van der Waals surface area contributed by atoms with Crippen molar-refractivity contribution in [1.29, 1.82) is 0 Å². The lowest BCUT2D eigenvalue weighted by Crippen LogP contribution is -2.65. The largest absolute Gasteiger partial charge is 0.465 e. The molecule has 1 aromatic carbocycles. The molecule has 0 saturated heterocycles. The summed E-state index contributed by atoms with van der Waals surface area (Å²) in [6.07, 6.45) is 12.7. The van der Waals surface area contributed by atoms with E-state index in [-0.39, 0.29) is 39.7 Å². The van der Waals surface area contributed by atoms with E-state index in [4.69, 9.17) is 4.74 Å². The number of hydrogen-bond acceptors (Lipinski definition) is 7. The van der Waals surface area contributed by atoms with Crippen molar-refractivity contribution in [3.63, 3.8) is 0 Å². The molecular formula is C40H59N5O3. The highest BCUT2D eigenvalue weighted by molar-refractivity contribution is 5.79. The second-order valence-corrected chi connectivity index (χ2v) is 17.9. The molecule has 48 heavy (non-hydrogen) atoms. The number of nitrogens with zero attached hydrogens (tertiary/aromatic N) is 3. The molecule has 0 radical (unpaired) electrons. The van der Waals surface area contributed by atoms with Crippen molar-refractivity contribution in [2.24, 2.45) is 56.7 Å². The Morgan fingerprint density at radius 2 is 1.79 bits per heavy atom. The molecule has 7 rings (SSSR count). The second kappa shape index (κ2) is 11.9. The number of anilines is 1. The first-order valence-corrected chi connectivity index (χ1v) is 18.9. The van der Waals surface area contributed by atoms with E-state index < -0.39 is 5.41 Å². The summed E-state index contributed by atoms with van der Waals surface area (Å²) >= 11 is 0. The van der Waals surface area contributed by atoms with E-state index in [9.17, 15) is 9.90 Å². The third-order valence-electron chi connectivity index (χ3n) is 15.8. The van der Waals surface area contributed by atoms with Gasteiger partial charge in [-0.2, -0.15) is 5.21 Å². The number of H-pyrrole nitrogens is 1. The van der Waals surface area contributed by atoms with Crippen molar-refractivity contribution in [3.05, 3.63) is 35.9 Å². The summed E-state index contributed by atoms with van der Waals surface area (Å²) in [5.74, 6) is 2.99. The third kappa shape index (κ3) is 4.85. The van der Waals surface area contributed by atoms with E-state index in [1.165, 1.54) is 12.8 Å². The van der Waals surface area contributed by atoms with Crippen molar-refractivity contribution < 1.29 is 14.6 Å². The van der Waals surface area contributed by atoms with Crippen LogP contribution in [0.3, 0.4) is 0 Å². The number of carbonyl (C=O) groups is 1. The van der Waals surface area contributed by atoms with Gasteiger partial charge in [0.05, 0.1) is 18.1 Å². The van der Waals surface area contributed by atoms with E-state index in [1.54, 1.807) is 5.57 Å². The summed E-state index contributed by atoms with van der Waals surface area (Å²) in [6, 6.07) is 7.94. The number of esters is 1. The first-order valence-electron chi connectivity index (χ1n) is 18.9. The topological polar surface area (TPSA) is 113 Å². The van der Waals surface area contributed by atoms with Gasteiger partial charge in [0.1, 0.15) is 0 Å². The molecule has 10 atom stereocenters. The average molecular weight is 658 g/mol. The summed E-state index contributed by atoms with van der Waals surface area (Å²) < 4.78 is 6.26. The number of benzene rings is 1. The average Bonchev–Trinajstić information content (AvgIpc) is 3.60. The highest BCUT2D eigenvalue weighted by Crippen LogP contribution is 2.75. The SMILES string of the molecule is C[C@H]1[C@H](C)CC[C@]2(C(=O)OCCCNc3ccccc3-c3nn[nH]n3)CC[C@]3(C)C(=CC[C@@H]4[C@@]5(C)CC[C@H](O)C(C)(C)[C@@H]5CC[C@]43C)[C@H]12. The van der Waals surface area contributed by atoms with E-state index in [0.717, 1.165) is 62.6 Å². The van der Waals surface area contributed by atoms with Crippen molar-refractivity contribution in [2.75, 3.05) is 18.5 Å². The maximum Gasteiger partial charge on any atom is 0.312 e. The minimum absolute atomic E-state index is 0.0346. The Morgan fingerprint density at radius 3 is 2.56 bits per heavy atom. The number of rotatable bonds is 7. The van der Waals surface area contributed by atoms with Crippen LogP contribution >= 0.6 is 0 Å². The Balaban J connectivity index is 1.10. The number of tetrazole rings is 1. The Labute approximate surface area is 287 Å². The zero-order valence-corrected chi connectivity index (χ0v) is 30.4. The standard InChI is InChI=1S/C40H59N5O3/c1-25-15-20-40(35(47)48-24-10-23-41-29-12-9-8-11-27(29)34-42-44-45-43-34)22-21-38(6)28(33(40)26(25)2)13-14-31-37(5)18-17-32(46)36(3,4)30(37)16-19-39(31,38)7/h8-9,11-13,25-26,30-33,41,46H,10,14-24H2,1-7H3,(H,42,43,44,45)/t25-,26+,30+,31-,32+,33+,37+,38-,39-,40+/m1/s1. The predicted octanol–water partition coefficient (Wildman–Crippen LogP) is 8.23. The number of fused-ring (bicyclic) bond motifs is 7. The van der Waals surface area contributed by atoms with Crippen molar-refractivity contribution in [3.8, 4) is 11.4 Å². The number of para-hydroxylation sites is 1. The minimum Gasteiger partial charge on any atom is -0.465 e. The third-order valence-corrected chi connectivity index (χ3v) is 15.8. The molecule has 4 fully saturated rings. The van der Waals surface area contributed by atoms with E-state index in [0.29, 0.717) is 42.6 Å². The van der Waals surface area contributed by atoms with Crippen LogP contribution < -0.4 is 5.32 Å². The Morgan fingerprint density at radius 1 is 1.00 bits per heavy atom. The van der Waals surface area contributed by atoms with Gasteiger partial charge in [0, 0.05) is 17.8 Å². The van der Waals surface area contributed by atoms with Crippen LogP contribution in [0.2, 0.25) is 0 Å². The molecule has 0 unspecified atom stereocenters. The van der Waals surface area contributed by atoms with E-state index in [1.807, 2.05) is 24.3 Å². The van der Waals surface area contributed by atoms with Crippen LogP contribution in [0.15, 0.2) is 35.9 Å². The minimum atomic E-state index is -0.433.